The lowest BCUT2D eigenvalue weighted by atomic mass is 9.89. The number of fused-ring (bicyclic) bond motifs is 8. The SMILES string of the molecule is CC(=O)O/N=C1\CCOc2ccccc21.CC(=O)O/N=C1\CCSc2ccccc21.CC(=O)O/N=C1\CCc2cc(C)ccc21.CC(=O)O/N=C1\CCc2ccc(C)cc21.CC(=O)O/N=C1\COc2ccccc21.CC(=O)O/N=C1\CSc2cc(C)ccc21.CCC(=O)O/N=C1\CCCc2cc(C)ccc21.COc1cccc2c1CC/C2=N\OC(C)=O. The standard InChI is InChI=1S/C14H17NO2.C12H13NO3.2C12H13NO2.C11H11NO3.2C11H11NO2S.C10H9NO3/c1-3-14(16)17-15-13-6-4-5-11-9-10(2)7-8-12(11)13;1-8(14)16-13-11-7-6-10-9(11)4-3-5-12(10)15-2;1-8-3-5-11-10(7-8)4-6-12(11)13-15-9(2)14;1-8-3-4-10-5-6-12(11(10)7-8)13-15-9(2)14;1-8(13)15-12-10-6-7-14-11-5-3-2-4-9(10)11;1-7-3-4-9-10(12-14-8(2)13)6-15-11(9)5-7;1-8(13)14-12-10-6-7-15-11-5-3-2-4-9(10)11;1-7(12)14-11-9-6-13-10-5-3-2-4-8(9)10/h7-9H,3-6H2,1-2H3;3-5H,6-7H2,1-2H3;3,5,7H,4,6H2,1-2H3;3-4,7H,5-6H2,1-2H3;2-5H,6-7H2,1H3;3-5H,6H2,1-2H3;2-5H,6-7H2,1H3;2-5H,6H2,1H3/b15-13+;13-11+;2*13-12+;3*12-10+;11-9+. The molecule has 0 aromatic heterocycles. The van der Waals surface area contributed by atoms with Crippen LogP contribution in [0.3, 0.4) is 0 Å². The van der Waals surface area contributed by atoms with Crippen LogP contribution in [0.15, 0.2) is 215 Å². The molecule has 0 N–H and O–H groups in total. The highest BCUT2D eigenvalue weighted by Gasteiger charge is 2.26. The number of ether oxygens (including phenoxy) is 3. The van der Waals surface area contributed by atoms with Crippen LogP contribution >= 0.6 is 23.5 Å². The molecule has 27 nitrogen and oxygen atoms in total. The minimum absolute atomic E-state index is 0.281. The van der Waals surface area contributed by atoms with E-state index >= 15 is 0 Å². The van der Waals surface area contributed by atoms with Gasteiger partial charge in [0.25, 0.3) is 0 Å². The van der Waals surface area contributed by atoms with Crippen molar-refractivity contribution < 1.29 is 91.3 Å². The molecule has 4 aliphatic carbocycles. The molecule has 0 spiro atoms. The van der Waals surface area contributed by atoms with Crippen LogP contribution in [0.2, 0.25) is 0 Å². The van der Waals surface area contributed by atoms with Crippen molar-refractivity contribution >= 4 is 117 Å². The highest BCUT2D eigenvalue weighted by atomic mass is 32.2. The van der Waals surface area contributed by atoms with Crippen LogP contribution in [0.25, 0.3) is 0 Å². The minimum atomic E-state index is -0.429. The van der Waals surface area contributed by atoms with Crippen LogP contribution in [0.4, 0.5) is 0 Å². The zero-order valence-corrected chi connectivity index (χ0v) is 72.2. The molecule has 8 aromatic carbocycles. The van der Waals surface area contributed by atoms with Gasteiger partial charge in [-0.2, -0.15) is 0 Å². The van der Waals surface area contributed by atoms with Gasteiger partial charge in [-0.1, -0.05) is 180 Å². The first kappa shape index (κ1) is 92.9. The number of rotatable bonds is 10. The Kier molecular flexibility index (Phi) is 35.8. The van der Waals surface area contributed by atoms with E-state index in [1.54, 1.807) is 37.6 Å². The second kappa shape index (κ2) is 47.1. The van der Waals surface area contributed by atoms with Crippen molar-refractivity contribution in [2.45, 2.75) is 170 Å². The lowest BCUT2D eigenvalue weighted by molar-refractivity contribution is -0.143. The molecule has 636 valence electrons. The van der Waals surface area contributed by atoms with E-state index in [0.717, 1.165) is 183 Å². The van der Waals surface area contributed by atoms with Gasteiger partial charge in [0.1, 0.15) is 29.6 Å². The maximum absolute atomic E-state index is 11.1. The number of oxime groups is 8. The largest absolute Gasteiger partial charge is 0.496 e. The average Bonchev–Trinajstić information content (AvgIpc) is 1.67. The van der Waals surface area contributed by atoms with Crippen LogP contribution in [0, 0.1) is 27.7 Å². The lowest BCUT2D eigenvalue weighted by Gasteiger charge is -2.17. The van der Waals surface area contributed by atoms with Crippen LogP contribution in [-0.2, 0) is 103 Å². The number of nitrogens with zero attached hydrogens (tertiary/aromatic N) is 8. The summed E-state index contributed by atoms with van der Waals surface area (Å²) in [5.74, 6) is 1.16. The molecule has 0 fully saturated rings. The molecule has 0 atom stereocenters. The Morgan fingerprint density at radius 3 is 1.33 bits per heavy atom. The summed E-state index contributed by atoms with van der Waals surface area (Å²) >= 11 is 3.53. The Balaban J connectivity index is 0.000000158. The molecule has 0 bridgehead atoms. The van der Waals surface area contributed by atoms with E-state index in [2.05, 4.69) is 150 Å². The predicted molar refractivity (Wildman–Crippen MR) is 468 cm³/mol. The molecule has 4 heterocycles. The number of carbonyl (C=O) groups excluding carboxylic acids is 8. The number of thioether (sulfide) groups is 2. The van der Waals surface area contributed by atoms with Crippen LogP contribution in [0.5, 0.6) is 17.2 Å². The van der Waals surface area contributed by atoms with Crippen LogP contribution in [0.1, 0.15) is 196 Å². The van der Waals surface area contributed by atoms with Crippen molar-refractivity contribution in [3.05, 3.63) is 253 Å². The molecule has 16 rings (SSSR count). The van der Waals surface area contributed by atoms with Crippen LogP contribution < -0.4 is 14.2 Å². The molecule has 4 aliphatic heterocycles. The first-order valence-electron chi connectivity index (χ1n) is 39.6. The normalized spacial score (nSPS) is 16.6. The van der Waals surface area contributed by atoms with Crippen molar-refractivity contribution in [2.24, 2.45) is 41.2 Å². The third-order valence-corrected chi connectivity index (χ3v) is 20.8. The third-order valence-electron chi connectivity index (χ3n) is 18.6. The molecule has 29 heteroatoms. The molecule has 0 radical (unpaired) electrons. The molecule has 0 saturated heterocycles. The molecule has 122 heavy (non-hydrogen) atoms. The van der Waals surface area contributed by atoms with Gasteiger partial charge in [-0.05, 0) is 156 Å². The smallest absolute Gasteiger partial charge is 0.334 e. The maximum atomic E-state index is 11.1. The van der Waals surface area contributed by atoms with Crippen molar-refractivity contribution in [3.8, 4) is 17.2 Å². The molecular formula is C93H98N8O19S2. The van der Waals surface area contributed by atoms with E-state index in [1.807, 2.05) is 116 Å². The predicted octanol–water partition coefficient (Wildman–Crippen LogP) is 17.2. The Morgan fingerprint density at radius 1 is 0.336 bits per heavy atom. The van der Waals surface area contributed by atoms with Gasteiger partial charge in [-0.25, -0.2) is 38.4 Å². The summed E-state index contributed by atoms with van der Waals surface area (Å²) in [4.78, 5) is 125. The van der Waals surface area contributed by atoms with Crippen molar-refractivity contribution in [3.63, 3.8) is 0 Å². The van der Waals surface area contributed by atoms with Gasteiger partial charge in [0.05, 0.1) is 53.7 Å². The first-order valence-corrected chi connectivity index (χ1v) is 41.6. The summed E-state index contributed by atoms with van der Waals surface area (Å²) in [5, 5.41) is 30.8. The van der Waals surface area contributed by atoms with Crippen molar-refractivity contribution in [1.29, 1.82) is 0 Å². The summed E-state index contributed by atoms with van der Waals surface area (Å²) in [6.45, 7) is 20.3. The average molecular weight is 1700 g/mol. The van der Waals surface area contributed by atoms with E-state index < -0.39 is 17.9 Å². The summed E-state index contributed by atoms with van der Waals surface area (Å²) in [6, 6.07) is 53.9. The summed E-state index contributed by atoms with van der Waals surface area (Å²) < 4.78 is 16.0. The second-order valence-corrected chi connectivity index (χ2v) is 30.4. The Labute approximate surface area is 717 Å². The number of hydrogen-bond acceptors (Lipinski definition) is 29. The zero-order chi connectivity index (χ0) is 87.6. The fraction of sp³-hybridized carbons (Fsp3) is 0.312. The van der Waals surface area contributed by atoms with Gasteiger partial charge in [0.2, 0.25) is 0 Å². The van der Waals surface area contributed by atoms with Gasteiger partial charge >= 0.3 is 47.8 Å². The minimum Gasteiger partial charge on any atom is -0.496 e. The number of aryl methyl sites for hydroxylation is 7. The summed E-state index contributed by atoms with van der Waals surface area (Å²) in [7, 11) is 1.65. The number of methoxy groups -OCH3 is 1. The highest BCUT2D eigenvalue weighted by molar-refractivity contribution is 8.00. The van der Waals surface area contributed by atoms with Crippen molar-refractivity contribution in [2.75, 3.05) is 31.8 Å². The Hall–Kier alpha value is -13.0. The zero-order valence-electron chi connectivity index (χ0n) is 70.6. The topological polar surface area (TPSA) is 337 Å². The second-order valence-electron chi connectivity index (χ2n) is 28.3. The Bertz CT molecular complexity index is 5270. The molecule has 8 aliphatic rings. The Morgan fingerprint density at radius 2 is 0.754 bits per heavy atom. The van der Waals surface area contributed by atoms with Gasteiger partial charge in [0, 0.05) is 139 Å². The number of carbonyl (C=O) groups is 8. The van der Waals surface area contributed by atoms with Gasteiger partial charge in [0.15, 0.2) is 0 Å². The van der Waals surface area contributed by atoms with Gasteiger partial charge in [-0.15, -0.1) is 23.5 Å². The number of hydrogen-bond donors (Lipinski definition) is 0. The number of para-hydroxylation sites is 2. The lowest BCUT2D eigenvalue weighted by Crippen LogP contribution is -2.16. The van der Waals surface area contributed by atoms with E-state index in [-0.39, 0.29) is 29.8 Å². The molecule has 8 aromatic rings. The molecule has 0 amide bonds. The summed E-state index contributed by atoms with van der Waals surface area (Å²) in [6.07, 6.45) is 10.2. The highest BCUT2D eigenvalue weighted by Crippen LogP contribution is 2.35. The van der Waals surface area contributed by atoms with E-state index in [4.69, 9.17) is 19.0 Å². The third kappa shape index (κ3) is 28.6. The van der Waals surface area contributed by atoms with E-state index in [0.29, 0.717) is 31.8 Å². The fourth-order valence-corrected chi connectivity index (χ4v) is 15.2. The maximum Gasteiger partial charge on any atom is 0.334 e. The van der Waals surface area contributed by atoms with E-state index in [1.165, 1.54) is 97.2 Å². The molecule has 0 saturated carbocycles. The molecular weight excluding hydrogens is 1600 g/mol. The fourth-order valence-electron chi connectivity index (χ4n) is 13.1. The van der Waals surface area contributed by atoms with Gasteiger partial charge in [-0.3, -0.25) is 0 Å². The molecule has 0 unspecified atom stereocenters. The van der Waals surface area contributed by atoms with Crippen LogP contribution in [-0.4, -0.2) is 125 Å². The van der Waals surface area contributed by atoms with Crippen molar-refractivity contribution in [1.82, 2.24) is 0 Å². The van der Waals surface area contributed by atoms with Gasteiger partial charge < -0.3 is 52.9 Å². The number of benzene rings is 8. The quantitative estimate of drug-likeness (QED) is 0.0906. The summed E-state index contributed by atoms with van der Waals surface area (Å²) in [5.41, 5.74) is 24.8. The first-order chi connectivity index (χ1) is 58.7. The van der Waals surface area contributed by atoms with E-state index in [9.17, 15) is 38.4 Å². The monoisotopic (exact) mass is 1690 g/mol.